The highest BCUT2D eigenvalue weighted by Gasteiger charge is 2.30. The third kappa shape index (κ3) is 5.44. The van der Waals surface area contributed by atoms with Crippen molar-refractivity contribution in [3.63, 3.8) is 0 Å². The van der Waals surface area contributed by atoms with Gasteiger partial charge in [-0.05, 0) is 29.3 Å². The highest BCUT2D eigenvalue weighted by Crippen LogP contribution is 2.16. The Hall–Kier alpha value is -2.68. The highest BCUT2D eigenvalue weighted by molar-refractivity contribution is 7.92. The molecule has 9 heteroatoms. The zero-order chi connectivity index (χ0) is 21.0. The molecule has 1 aliphatic rings. The number of amides is 1. The van der Waals surface area contributed by atoms with Crippen LogP contribution in [0.5, 0.6) is 0 Å². The molecule has 1 fully saturated rings. The van der Waals surface area contributed by atoms with Gasteiger partial charge in [-0.25, -0.2) is 8.42 Å². The van der Waals surface area contributed by atoms with Gasteiger partial charge < -0.3 is 10.6 Å². The van der Waals surface area contributed by atoms with Crippen LogP contribution in [0.3, 0.4) is 0 Å². The Balaban J connectivity index is 1.61. The monoisotopic (exact) mass is 432 g/mol. The first kappa shape index (κ1) is 21.0. The van der Waals surface area contributed by atoms with Crippen molar-refractivity contribution in [2.24, 2.45) is 5.73 Å². The molecule has 3 rings (SSSR count). The van der Waals surface area contributed by atoms with Gasteiger partial charge in [0.15, 0.2) is 0 Å². The standard InChI is InChI=1S/C20H21ClN4O3S/c21-18-7-3-15(4-8-18)9-12-29(27,28)25-11-10-24(19(26)14-25)13-16-1-5-17(6-2-16)20(22)23/h1-9,12H,10-11,13-14H2,(H3,22,23)/b12-9+. The number of benzene rings is 2. The molecule has 2 aromatic carbocycles. The lowest BCUT2D eigenvalue weighted by Crippen LogP contribution is -2.51. The molecule has 152 valence electrons. The number of hydrogen-bond acceptors (Lipinski definition) is 4. The van der Waals surface area contributed by atoms with Gasteiger partial charge in [0, 0.05) is 35.6 Å². The summed E-state index contributed by atoms with van der Waals surface area (Å²) in [6.45, 7) is 0.718. The minimum Gasteiger partial charge on any atom is -0.384 e. The second kappa shape index (κ2) is 8.77. The number of nitrogens with zero attached hydrogens (tertiary/aromatic N) is 2. The summed E-state index contributed by atoms with van der Waals surface area (Å²) in [7, 11) is -3.70. The Kier molecular flexibility index (Phi) is 6.36. The predicted molar refractivity (Wildman–Crippen MR) is 114 cm³/mol. The third-order valence-electron chi connectivity index (χ3n) is 4.58. The third-order valence-corrected chi connectivity index (χ3v) is 6.35. The summed E-state index contributed by atoms with van der Waals surface area (Å²) in [5.41, 5.74) is 7.65. The minimum atomic E-state index is -3.70. The normalized spacial score (nSPS) is 15.8. The smallest absolute Gasteiger partial charge is 0.238 e. The maximum atomic E-state index is 12.5. The van der Waals surface area contributed by atoms with Crippen LogP contribution in [0.4, 0.5) is 0 Å². The van der Waals surface area contributed by atoms with Gasteiger partial charge in [-0.15, -0.1) is 0 Å². The van der Waals surface area contributed by atoms with Crippen molar-refractivity contribution in [1.82, 2.24) is 9.21 Å². The predicted octanol–water partition coefficient (Wildman–Crippen LogP) is 2.27. The van der Waals surface area contributed by atoms with E-state index in [2.05, 4.69) is 0 Å². The van der Waals surface area contributed by atoms with E-state index in [1.165, 1.54) is 10.4 Å². The number of nitrogens with one attached hydrogen (secondary N) is 1. The number of halogens is 1. The molecular formula is C20H21ClN4O3S. The average Bonchev–Trinajstić information content (AvgIpc) is 2.69. The van der Waals surface area contributed by atoms with Gasteiger partial charge >= 0.3 is 0 Å². The van der Waals surface area contributed by atoms with Crippen molar-refractivity contribution in [3.05, 3.63) is 75.7 Å². The van der Waals surface area contributed by atoms with E-state index in [1.807, 2.05) is 12.1 Å². The van der Waals surface area contributed by atoms with Crippen LogP contribution < -0.4 is 5.73 Å². The molecule has 1 amide bonds. The Morgan fingerprint density at radius 3 is 2.34 bits per heavy atom. The number of nitrogen functional groups attached to an aromatic ring is 1. The lowest BCUT2D eigenvalue weighted by atomic mass is 10.1. The molecule has 7 nitrogen and oxygen atoms in total. The molecule has 1 heterocycles. The maximum Gasteiger partial charge on any atom is 0.238 e. The fourth-order valence-electron chi connectivity index (χ4n) is 2.91. The largest absolute Gasteiger partial charge is 0.384 e. The molecule has 0 atom stereocenters. The second-order valence-corrected chi connectivity index (χ2v) is 8.91. The zero-order valence-electron chi connectivity index (χ0n) is 15.6. The first-order valence-electron chi connectivity index (χ1n) is 8.89. The SMILES string of the molecule is N=C(N)c1ccc(CN2CCN(S(=O)(=O)/C=C/c3ccc(Cl)cc3)CC2=O)cc1. The first-order chi connectivity index (χ1) is 13.7. The van der Waals surface area contributed by atoms with Crippen molar-refractivity contribution in [2.75, 3.05) is 19.6 Å². The average molecular weight is 433 g/mol. The number of rotatable bonds is 6. The summed E-state index contributed by atoms with van der Waals surface area (Å²) in [4.78, 5) is 14.1. The van der Waals surface area contributed by atoms with Gasteiger partial charge in [-0.2, -0.15) is 4.31 Å². The van der Waals surface area contributed by atoms with Crippen molar-refractivity contribution in [1.29, 1.82) is 5.41 Å². The van der Waals surface area contributed by atoms with Crippen molar-refractivity contribution >= 4 is 39.4 Å². The van der Waals surface area contributed by atoms with Crippen LogP contribution in [0.1, 0.15) is 16.7 Å². The van der Waals surface area contributed by atoms with Crippen LogP contribution in [-0.4, -0.2) is 49.0 Å². The van der Waals surface area contributed by atoms with E-state index in [1.54, 1.807) is 41.3 Å². The summed E-state index contributed by atoms with van der Waals surface area (Å²) in [6, 6.07) is 13.9. The van der Waals surface area contributed by atoms with Crippen LogP contribution >= 0.6 is 11.6 Å². The summed E-state index contributed by atoms with van der Waals surface area (Å²) >= 11 is 5.83. The van der Waals surface area contributed by atoms with Crippen molar-refractivity contribution < 1.29 is 13.2 Å². The number of carbonyl (C=O) groups excluding carboxylic acids is 1. The number of amidine groups is 1. The number of carbonyl (C=O) groups is 1. The number of nitrogens with two attached hydrogens (primary N) is 1. The second-order valence-electron chi connectivity index (χ2n) is 6.66. The maximum absolute atomic E-state index is 12.5. The van der Waals surface area contributed by atoms with E-state index in [0.717, 1.165) is 11.0 Å². The molecule has 29 heavy (non-hydrogen) atoms. The molecule has 0 unspecified atom stereocenters. The van der Waals surface area contributed by atoms with Gasteiger partial charge in [0.1, 0.15) is 5.84 Å². The van der Waals surface area contributed by atoms with Crippen LogP contribution in [-0.2, 0) is 21.4 Å². The summed E-state index contributed by atoms with van der Waals surface area (Å²) < 4.78 is 26.3. The van der Waals surface area contributed by atoms with Gasteiger partial charge in [0.25, 0.3) is 0 Å². The molecule has 0 radical (unpaired) electrons. The van der Waals surface area contributed by atoms with E-state index >= 15 is 0 Å². The highest BCUT2D eigenvalue weighted by atomic mass is 35.5. The fraction of sp³-hybridized carbons (Fsp3) is 0.200. The quantitative estimate of drug-likeness (QED) is 0.539. The number of hydrogen-bond donors (Lipinski definition) is 2. The summed E-state index contributed by atoms with van der Waals surface area (Å²) in [5.74, 6) is -0.270. The lowest BCUT2D eigenvalue weighted by Gasteiger charge is -2.33. The van der Waals surface area contributed by atoms with Crippen LogP contribution in [0, 0.1) is 5.41 Å². The van der Waals surface area contributed by atoms with Crippen LogP contribution in [0.25, 0.3) is 6.08 Å². The number of piperazine rings is 1. The van der Waals surface area contributed by atoms with E-state index in [0.29, 0.717) is 29.2 Å². The lowest BCUT2D eigenvalue weighted by molar-refractivity contribution is -0.134. The number of sulfonamides is 1. The molecule has 0 saturated carbocycles. The molecular weight excluding hydrogens is 412 g/mol. The summed E-state index contributed by atoms with van der Waals surface area (Å²) in [6.07, 6.45) is 1.49. The first-order valence-corrected chi connectivity index (χ1v) is 10.8. The molecule has 1 aliphatic heterocycles. The van der Waals surface area contributed by atoms with Gasteiger partial charge in [-0.1, -0.05) is 48.0 Å². The molecule has 3 N–H and O–H groups in total. The van der Waals surface area contributed by atoms with Gasteiger partial charge in [0.05, 0.1) is 6.54 Å². The molecule has 0 spiro atoms. The van der Waals surface area contributed by atoms with E-state index in [9.17, 15) is 13.2 Å². The summed E-state index contributed by atoms with van der Waals surface area (Å²) in [5, 5.41) is 9.09. The molecule has 0 aromatic heterocycles. The van der Waals surface area contributed by atoms with Crippen molar-refractivity contribution in [3.8, 4) is 0 Å². The van der Waals surface area contributed by atoms with E-state index in [-0.39, 0.29) is 24.8 Å². The Labute approximate surface area is 174 Å². The topological polar surface area (TPSA) is 108 Å². The minimum absolute atomic E-state index is 0.0156. The van der Waals surface area contributed by atoms with Crippen LogP contribution in [0.2, 0.25) is 5.02 Å². The van der Waals surface area contributed by atoms with Gasteiger partial charge in [0.2, 0.25) is 15.9 Å². The van der Waals surface area contributed by atoms with Crippen LogP contribution in [0.15, 0.2) is 53.9 Å². The molecule has 1 saturated heterocycles. The molecule has 2 aromatic rings. The zero-order valence-corrected chi connectivity index (χ0v) is 17.2. The van der Waals surface area contributed by atoms with E-state index in [4.69, 9.17) is 22.7 Å². The molecule has 0 bridgehead atoms. The Morgan fingerprint density at radius 2 is 1.76 bits per heavy atom. The van der Waals surface area contributed by atoms with Crippen molar-refractivity contribution in [2.45, 2.75) is 6.54 Å². The Morgan fingerprint density at radius 1 is 1.10 bits per heavy atom. The Bertz CT molecular complexity index is 1030. The molecule has 0 aliphatic carbocycles. The fourth-order valence-corrected chi connectivity index (χ4v) is 4.16. The van der Waals surface area contributed by atoms with Gasteiger partial charge in [-0.3, -0.25) is 10.2 Å². The van der Waals surface area contributed by atoms with E-state index < -0.39 is 10.0 Å².